The second kappa shape index (κ2) is 8.00. The van der Waals surface area contributed by atoms with Crippen LogP contribution in [0.15, 0.2) is 28.0 Å². The molecule has 8 nitrogen and oxygen atoms in total. The molecule has 2 N–H and O–H groups in total. The van der Waals surface area contributed by atoms with Crippen LogP contribution in [0.25, 0.3) is 11.6 Å². The van der Waals surface area contributed by atoms with Crippen molar-refractivity contribution in [3.63, 3.8) is 0 Å². The molecule has 4 saturated carbocycles. The molecule has 0 spiro atoms. The molecule has 2 aromatic rings. The first-order chi connectivity index (χ1) is 14.9. The molecule has 6 rings (SSSR count). The van der Waals surface area contributed by atoms with Gasteiger partial charge < -0.3 is 9.73 Å². The van der Waals surface area contributed by atoms with Gasteiger partial charge in [-0.1, -0.05) is 11.8 Å². The first-order valence-electron chi connectivity index (χ1n) is 11.2. The van der Waals surface area contributed by atoms with Crippen LogP contribution in [-0.4, -0.2) is 37.5 Å². The van der Waals surface area contributed by atoms with E-state index < -0.39 is 5.25 Å². The number of nitrogens with one attached hydrogen (secondary N) is 2. The molecule has 0 radical (unpaired) electrons. The van der Waals surface area contributed by atoms with Crippen LogP contribution in [0.3, 0.4) is 0 Å². The summed E-state index contributed by atoms with van der Waals surface area (Å²) in [6.45, 7) is 4.41. The summed E-state index contributed by atoms with van der Waals surface area (Å²) in [7, 11) is 0. The number of nitrogens with zero attached hydrogens (tertiary/aromatic N) is 3. The Bertz CT molecular complexity index is 935. The highest BCUT2D eigenvalue weighted by atomic mass is 32.2. The van der Waals surface area contributed by atoms with Crippen molar-refractivity contribution in [3.05, 3.63) is 18.4 Å². The number of thioether (sulfide) groups is 1. The van der Waals surface area contributed by atoms with Crippen molar-refractivity contribution in [3.8, 4) is 11.6 Å². The van der Waals surface area contributed by atoms with Crippen LogP contribution in [0.2, 0.25) is 0 Å². The van der Waals surface area contributed by atoms with Gasteiger partial charge in [0, 0.05) is 12.1 Å². The van der Waals surface area contributed by atoms with E-state index in [-0.39, 0.29) is 17.5 Å². The first-order valence-corrected chi connectivity index (χ1v) is 12.1. The van der Waals surface area contributed by atoms with E-state index in [1.165, 1.54) is 31.0 Å². The predicted molar refractivity (Wildman–Crippen MR) is 116 cm³/mol. The Morgan fingerprint density at radius 2 is 1.90 bits per heavy atom. The molecular weight excluding hydrogens is 414 g/mol. The van der Waals surface area contributed by atoms with E-state index in [1.54, 1.807) is 19.3 Å². The number of urea groups is 1. The van der Waals surface area contributed by atoms with E-state index >= 15 is 0 Å². The van der Waals surface area contributed by atoms with Crippen molar-refractivity contribution >= 4 is 23.7 Å². The standard InChI is InChI=1S/C22H29N5O3S/c1-3-27-18(17-5-4-6-30-17)25-26-21(27)31-13(2)19(28)23-20(29)24-22-10-14-7-15(11-22)9-16(8-14)12-22/h4-6,13-16H,3,7-12H2,1-2H3,(H2,23,24,28,29). The van der Waals surface area contributed by atoms with Crippen LogP contribution >= 0.6 is 11.8 Å². The van der Waals surface area contributed by atoms with E-state index in [2.05, 4.69) is 20.8 Å². The number of aromatic nitrogens is 3. The molecular formula is C22H29N5O3S. The van der Waals surface area contributed by atoms with Crippen LogP contribution in [0.1, 0.15) is 52.4 Å². The number of hydrogen-bond donors (Lipinski definition) is 2. The molecule has 166 valence electrons. The minimum absolute atomic E-state index is 0.115. The molecule has 9 heteroatoms. The number of furan rings is 1. The normalized spacial score (nSPS) is 29.7. The number of carbonyl (C=O) groups excluding carboxylic acids is 2. The smallest absolute Gasteiger partial charge is 0.321 e. The van der Waals surface area contributed by atoms with Gasteiger partial charge in [-0.05, 0) is 82.3 Å². The molecule has 2 aromatic heterocycles. The molecule has 4 aliphatic carbocycles. The third kappa shape index (κ3) is 4.00. The minimum Gasteiger partial charge on any atom is -0.461 e. The first kappa shape index (κ1) is 20.6. The molecule has 4 fully saturated rings. The van der Waals surface area contributed by atoms with Gasteiger partial charge in [0.05, 0.1) is 11.5 Å². The van der Waals surface area contributed by atoms with Crippen molar-refractivity contribution in [2.24, 2.45) is 17.8 Å². The molecule has 4 aliphatic rings. The van der Waals surface area contributed by atoms with Gasteiger partial charge in [-0.25, -0.2) is 4.79 Å². The maximum Gasteiger partial charge on any atom is 0.321 e. The van der Waals surface area contributed by atoms with Crippen molar-refractivity contribution in [1.29, 1.82) is 0 Å². The van der Waals surface area contributed by atoms with Crippen LogP contribution in [0.4, 0.5) is 4.79 Å². The molecule has 0 aliphatic heterocycles. The van der Waals surface area contributed by atoms with Crippen LogP contribution < -0.4 is 10.6 Å². The second-order valence-corrected chi connectivity index (χ2v) is 10.7. The maximum atomic E-state index is 12.7. The van der Waals surface area contributed by atoms with E-state index in [0.717, 1.165) is 37.0 Å². The number of imide groups is 1. The van der Waals surface area contributed by atoms with Gasteiger partial charge in [0.2, 0.25) is 5.91 Å². The summed E-state index contributed by atoms with van der Waals surface area (Å²) in [5.41, 5.74) is -0.115. The lowest BCUT2D eigenvalue weighted by Crippen LogP contribution is -2.62. The highest BCUT2D eigenvalue weighted by Crippen LogP contribution is 2.55. The number of carbonyl (C=O) groups is 2. The fourth-order valence-electron chi connectivity index (χ4n) is 6.21. The fourth-order valence-corrected chi connectivity index (χ4v) is 7.12. The average molecular weight is 444 g/mol. The molecule has 0 aromatic carbocycles. The fraction of sp³-hybridized carbons (Fsp3) is 0.636. The summed E-state index contributed by atoms with van der Waals surface area (Å²) in [6.07, 6.45) is 8.70. The van der Waals surface area contributed by atoms with Crippen LogP contribution in [0.5, 0.6) is 0 Å². The van der Waals surface area contributed by atoms with E-state index in [0.29, 0.717) is 23.3 Å². The minimum atomic E-state index is -0.485. The Hall–Kier alpha value is -2.29. The second-order valence-electron chi connectivity index (χ2n) is 9.43. The summed E-state index contributed by atoms with van der Waals surface area (Å²) in [5.74, 6) is 3.15. The molecule has 1 atom stereocenters. The summed E-state index contributed by atoms with van der Waals surface area (Å²) < 4.78 is 7.34. The zero-order valence-electron chi connectivity index (χ0n) is 18.0. The molecule has 1 unspecified atom stereocenters. The maximum absolute atomic E-state index is 12.7. The summed E-state index contributed by atoms with van der Waals surface area (Å²) >= 11 is 1.29. The number of rotatable bonds is 6. The predicted octanol–water partition coefficient (Wildman–Crippen LogP) is 3.83. The van der Waals surface area contributed by atoms with E-state index in [1.807, 2.05) is 17.6 Å². The SMILES string of the molecule is CCn1c(SC(C)C(=O)NC(=O)NC23CC4CC(CC(C4)C2)C3)nnc1-c1ccco1. The largest absolute Gasteiger partial charge is 0.461 e. The van der Waals surface area contributed by atoms with Gasteiger partial charge >= 0.3 is 6.03 Å². The van der Waals surface area contributed by atoms with Gasteiger partial charge in [-0.3, -0.25) is 14.7 Å². The van der Waals surface area contributed by atoms with Crippen molar-refractivity contribution in [2.45, 2.75) is 74.9 Å². The molecule has 4 bridgehead atoms. The van der Waals surface area contributed by atoms with Gasteiger partial charge in [0.25, 0.3) is 0 Å². The third-order valence-corrected chi connectivity index (χ3v) is 8.16. The summed E-state index contributed by atoms with van der Waals surface area (Å²) in [5, 5.41) is 14.3. The highest BCUT2D eigenvalue weighted by molar-refractivity contribution is 8.00. The topological polar surface area (TPSA) is 102 Å². The van der Waals surface area contributed by atoms with Gasteiger partial charge in [0.1, 0.15) is 0 Å². The van der Waals surface area contributed by atoms with Gasteiger partial charge in [-0.2, -0.15) is 0 Å². The van der Waals surface area contributed by atoms with E-state index in [4.69, 9.17) is 4.42 Å². The van der Waals surface area contributed by atoms with Gasteiger partial charge in [0.15, 0.2) is 16.7 Å². The molecule has 0 saturated heterocycles. The molecule has 2 heterocycles. The van der Waals surface area contributed by atoms with Crippen molar-refractivity contribution in [1.82, 2.24) is 25.4 Å². The summed E-state index contributed by atoms with van der Waals surface area (Å²) in [6, 6.07) is 3.26. The third-order valence-electron chi connectivity index (χ3n) is 7.08. The summed E-state index contributed by atoms with van der Waals surface area (Å²) in [4.78, 5) is 25.4. The Morgan fingerprint density at radius 3 is 2.48 bits per heavy atom. The molecule has 3 amide bonds. The Kier molecular flexibility index (Phi) is 5.32. The lowest BCUT2D eigenvalue weighted by Gasteiger charge is -2.56. The Labute approximate surface area is 185 Å². The Morgan fingerprint density at radius 1 is 1.23 bits per heavy atom. The monoisotopic (exact) mass is 443 g/mol. The van der Waals surface area contributed by atoms with E-state index in [9.17, 15) is 9.59 Å². The number of hydrogen-bond acceptors (Lipinski definition) is 6. The van der Waals surface area contributed by atoms with Crippen LogP contribution in [0, 0.1) is 17.8 Å². The van der Waals surface area contributed by atoms with Crippen molar-refractivity contribution in [2.75, 3.05) is 0 Å². The Balaban J connectivity index is 1.20. The zero-order valence-corrected chi connectivity index (χ0v) is 18.8. The quantitative estimate of drug-likeness (QED) is 0.658. The zero-order chi connectivity index (χ0) is 21.6. The van der Waals surface area contributed by atoms with Crippen LogP contribution in [-0.2, 0) is 11.3 Å². The van der Waals surface area contributed by atoms with Gasteiger partial charge in [-0.15, -0.1) is 10.2 Å². The van der Waals surface area contributed by atoms with Crippen molar-refractivity contribution < 1.29 is 14.0 Å². The lowest BCUT2D eigenvalue weighted by molar-refractivity contribution is -0.119. The highest BCUT2D eigenvalue weighted by Gasteiger charge is 2.51. The number of amides is 3. The average Bonchev–Trinajstić information content (AvgIpc) is 3.35. The lowest BCUT2D eigenvalue weighted by atomic mass is 9.53. The molecule has 31 heavy (non-hydrogen) atoms.